The minimum absolute atomic E-state index is 0.484. The van der Waals surface area contributed by atoms with E-state index < -0.39 is 39.5 Å². The Morgan fingerprint density at radius 3 is 2.73 bits per heavy atom. The first-order valence-electron chi connectivity index (χ1n) is 7.26. The fourth-order valence-electron chi connectivity index (χ4n) is 2.60. The standard InChI is InChI=1S/C15H21NO5S/c1-11(22(20,21)10-13(18)9-17)15(19)16-8-4-6-12-5-2-3-7-14(12)16/h2-3,5,7,11,13,17-18H,4,6,8-10H2,1H3/t11-,13-/m0/s1. The highest BCUT2D eigenvalue weighted by Gasteiger charge is 2.35. The van der Waals surface area contributed by atoms with Gasteiger partial charge in [-0.15, -0.1) is 0 Å². The monoisotopic (exact) mass is 327 g/mol. The lowest BCUT2D eigenvalue weighted by atomic mass is 10.0. The van der Waals surface area contributed by atoms with E-state index in [1.807, 2.05) is 24.3 Å². The first kappa shape index (κ1) is 16.9. The number of aliphatic hydroxyl groups excluding tert-OH is 2. The molecule has 2 N–H and O–H groups in total. The van der Waals surface area contributed by atoms with Crippen molar-refractivity contribution in [2.75, 3.05) is 23.8 Å². The van der Waals surface area contributed by atoms with Crippen molar-refractivity contribution in [3.8, 4) is 0 Å². The van der Waals surface area contributed by atoms with E-state index in [1.54, 1.807) is 0 Å². The molecule has 22 heavy (non-hydrogen) atoms. The first-order valence-corrected chi connectivity index (χ1v) is 8.98. The van der Waals surface area contributed by atoms with Crippen LogP contribution in [0.15, 0.2) is 24.3 Å². The van der Waals surface area contributed by atoms with Crippen LogP contribution in [0.3, 0.4) is 0 Å². The van der Waals surface area contributed by atoms with Gasteiger partial charge in [0.25, 0.3) is 0 Å². The summed E-state index contributed by atoms with van der Waals surface area (Å²) >= 11 is 0. The summed E-state index contributed by atoms with van der Waals surface area (Å²) in [5.74, 6) is -1.11. The van der Waals surface area contributed by atoms with E-state index in [1.165, 1.54) is 11.8 Å². The summed E-state index contributed by atoms with van der Waals surface area (Å²) in [6, 6.07) is 7.46. The Morgan fingerprint density at radius 1 is 1.36 bits per heavy atom. The third kappa shape index (κ3) is 3.48. The van der Waals surface area contributed by atoms with Crippen LogP contribution >= 0.6 is 0 Å². The molecule has 0 fully saturated rings. The van der Waals surface area contributed by atoms with Gasteiger partial charge in [0.05, 0.1) is 18.5 Å². The summed E-state index contributed by atoms with van der Waals surface area (Å²) in [6.07, 6.45) is 0.285. The summed E-state index contributed by atoms with van der Waals surface area (Å²) in [7, 11) is -3.82. The van der Waals surface area contributed by atoms with Crippen LogP contribution in [-0.4, -0.2) is 54.8 Å². The quantitative estimate of drug-likeness (QED) is 0.801. The summed E-state index contributed by atoms with van der Waals surface area (Å²) in [4.78, 5) is 14.1. The van der Waals surface area contributed by atoms with Crippen LogP contribution in [0.5, 0.6) is 0 Å². The number of amides is 1. The molecule has 0 unspecified atom stereocenters. The molecule has 0 radical (unpaired) electrons. The van der Waals surface area contributed by atoms with E-state index in [0.29, 0.717) is 6.54 Å². The van der Waals surface area contributed by atoms with Gasteiger partial charge in [0, 0.05) is 12.2 Å². The van der Waals surface area contributed by atoms with Gasteiger partial charge in [0.1, 0.15) is 5.25 Å². The number of aryl methyl sites for hydroxylation is 1. The van der Waals surface area contributed by atoms with E-state index in [-0.39, 0.29) is 0 Å². The molecule has 122 valence electrons. The average Bonchev–Trinajstić information content (AvgIpc) is 2.52. The van der Waals surface area contributed by atoms with Crippen molar-refractivity contribution in [3.05, 3.63) is 29.8 Å². The highest BCUT2D eigenvalue weighted by atomic mass is 32.2. The van der Waals surface area contributed by atoms with Crippen molar-refractivity contribution in [2.45, 2.75) is 31.1 Å². The number of nitrogens with zero attached hydrogens (tertiary/aromatic N) is 1. The molecule has 0 spiro atoms. The smallest absolute Gasteiger partial charge is 0.245 e. The fourth-order valence-corrected chi connectivity index (χ4v) is 3.97. The lowest BCUT2D eigenvalue weighted by molar-refractivity contribution is -0.118. The van der Waals surface area contributed by atoms with E-state index in [2.05, 4.69) is 0 Å². The molecule has 0 aromatic heterocycles. The molecule has 1 heterocycles. The Bertz CT molecular complexity index is 643. The number of aliphatic hydroxyl groups is 2. The van der Waals surface area contributed by atoms with Gasteiger partial charge in [-0.25, -0.2) is 8.42 Å². The van der Waals surface area contributed by atoms with Crippen molar-refractivity contribution in [3.63, 3.8) is 0 Å². The maximum Gasteiger partial charge on any atom is 0.245 e. The number of sulfone groups is 1. The summed E-state index contributed by atoms with van der Waals surface area (Å²) < 4.78 is 24.4. The predicted octanol–water partition coefficient (Wildman–Crippen LogP) is 0.122. The predicted molar refractivity (Wildman–Crippen MR) is 83.5 cm³/mol. The van der Waals surface area contributed by atoms with Crippen LogP contribution < -0.4 is 4.90 Å². The molecule has 7 heteroatoms. The second kappa shape index (κ2) is 6.76. The van der Waals surface area contributed by atoms with Crippen molar-refractivity contribution >= 4 is 21.4 Å². The van der Waals surface area contributed by atoms with Gasteiger partial charge in [-0.2, -0.15) is 0 Å². The zero-order valence-corrected chi connectivity index (χ0v) is 13.3. The second-order valence-electron chi connectivity index (χ2n) is 5.53. The lowest BCUT2D eigenvalue weighted by Gasteiger charge is -2.31. The van der Waals surface area contributed by atoms with Crippen LogP contribution in [0, 0.1) is 0 Å². The average molecular weight is 327 g/mol. The first-order chi connectivity index (χ1) is 10.4. The molecule has 1 aliphatic rings. The van der Waals surface area contributed by atoms with Gasteiger partial charge in [-0.1, -0.05) is 18.2 Å². The molecule has 1 aromatic carbocycles. The molecule has 2 atom stereocenters. The molecule has 0 saturated heterocycles. The maximum atomic E-state index is 12.6. The SMILES string of the molecule is C[C@@H](C(=O)N1CCCc2ccccc21)S(=O)(=O)C[C@@H](O)CO. The number of hydrogen-bond donors (Lipinski definition) is 2. The van der Waals surface area contributed by atoms with Crippen LogP contribution in [0.1, 0.15) is 18.9 Å². The Hall–Kier alpha value is -1.44. The van der Waals surface area contributed by atoms with Gasteiger partial charge in [-0.05, 0) is 31.4 Å². The van der Waals surface area contributed by atoms with Crippen molar-refractivity contribution in [1.82, 2.24) is 0 Å². The Balaban J connectivity index is 2.22. The molecule has 2 rings (SSSR count). The number of carbonyl (C=O) groups excluding carboxylic acids is 1. The maximum absolute atomic E-state index is 12.6. The van der Waals surface area contributed by atoms with Gasteiger partial charge >= 0.3 is 0 Å². The molecule has 0 saturated carbocycles. The number of hydrogen-bond acceptors (Lipinski definition) is 5. The third-order valence-electron chi connectivity index (χ3n) is 3.90. The normalized spacial score (nSPS) is 17.7. The molecular weight excluding hydrogens is 306 g/mol. The summed E-state index contributed by atoms with van der Waals surface area (Å²) in [6.45, 7) is 1.17. The van der Waals surface area contributed by atoms with Gasteiger partial charge in [-0.3, -0.25) is 4.79 Å². The minimum atomic E-state index is -3.82. The topological polar surface area (TPSA) is 94.9 Å². The summed E-state index contributed by atoms with van der Waals surface area (Å²) in [5.41, 5.74) is 1.78. The molecule has 6 nitrogen and oxygen atoms in total. The second-order valence-corrected chi connectivity index (χ2v) is 7.90. The van der Waals surface area contributed by atoms with Gasteiger partial charge < -0.3 is 15.1 Å². The van der Waals surface area contributed by atoms with Gasteiger partial charge in [0.2, 0.25) is 5.91 Å². The lowest BCUT2D eigenvalue weighted by Crippen LogP contribution is -2.45. The zero-order chi connectivity index (χ0) is 16.3. The zero-order valence-electron chi connectivity index (χ0n) is 12.5. The van der Waals surface area contributed by atoms with Crippen molar-refractivity contribution in [1.29, 1.82) is 0 Å². The van der Waals surface area contributed by atoms with E-state index >= 15 is 0 Å². The highest BCUT2D eigenvalue weighted by Crippen LogP contribution is 2.28. The van der Waals surface area contributed by atoms with E-state index in [9.17, 15) is 18.3 Å². The van der Waals surface area contributed by atoms with Crippen molar-refractivity contribution in [2.24, 2.45) is 0 Å². The summed E-state index contributed by atoms with van der Waals surface area (Å²) in [5, 5.41) is 16.9. The fraction of sp³-hybridized carbons (Fsp3) is 0.533. The minimum Gasteiger partial charge on any atom is -0.394 e. The van der Waals surface area contributed by atoms with E-state index in [0.717, 1.165) is 24.1 Å². The van der Waals surface area contributed by atoms with Crippen LogP contribution in [0.4, 0.5) is 5.69 Å². The molecule has 1 aromatic rings. The van der Waals surface area contributed by atoms with Crippen LogP contribution in [0.25, 0.3) is 0 Å². The Morgan fingerprint density at radius 2 is 2.05 bits per heavy atom. The Labute approximate surface area is 130 Å². The number of carbonyl (C=O) groups is 1. The van der Waals surface area contributed by atoms with Crippen LogP contribution in [-0.2, 0) is 21.1 Å². The molecular formula is C15H21NO5S. The number of benzene rings is 1. The highest BCUT2D eigenvalue weighted by molar-refractivity contribution is 7.92. The molecule has 1 aliphatic heterocycles. The van der Waals surface area contributed by atoms with Crippen LogP contribution in [0.2, 0.25) is 0 Å². The van der Waals surface area contributed by atoms with E-state index in [4.69, 9.17) is 5.11 Å². The van der Waals surface area contributed by atoms with Crippen molar-refractivity contribution < 1.29 is 23.4 Å². The number of rotatable bonds is 5. The number of para-hydroxylation sites is 1. The Kier molecular flexibility index (Phi) is 5.20. The van der Waals surface area contributed by atoms with Gasteiger partial charge in [0.15, 0.2) is 9.84 Å². The molecule has 1 amide bonds. The third-order valence-corrected chi connectivity index (χ3v) is 6.03. The molecule has 0 aliphatic carbocycles. The molecule has 0 bridgehead atoms. The largest absolute Gasteiger partial charge is 0.394 e. The number of fused-ring (bicyclic) bond motifs is 1. The number of anilines is 1.